The average molecular weight is 262 g/mol. The van der Waals surface area contributed by atoms with Crippen LogP contribution in [0, 0.1) is 0 Å². The van der Waals surface area contributed by atoms with Crippen molar-refractivity contribution < 1.29 is 14.0 Å². The van der Waals surface area contributed by atoms with E-state index in [1.807, 2.05) is 36.4 Å². The number of aromatic nitrogens is 1. The lowest BCUT2D eigenvalue weighted by atomic mass is 10.0. The molecule has 0 aliphatic rings. The highest BCUT2D eigenvalue weighted by molar-refractivity contribution is 7.32. The van der Waals surface area contributed by atoms with E-state index in [2.05, 4.69) is 4.98 Å². The summed E-state index contributed by atoms with van der Waals surface area (Å²) in [7, 11) is -2.64. The van der Waals surface area contributed by atoms with Gasteiger partial charge in [0, 0.05) is 28.9 Å². The van der Waals surface area contributed by atoms with Crippen LogP contribution < -0.4 is 0 Å². The smallest absolute Gasteiger partial charge is 0.264 e. The molecule has 1 heterocycles. The molecular weight excluding hydrogens is 249 g/mol. The van der Waals surface area contributed by atoms with E-state index in [1.165, 1.54) is 0 Å². The second-order valence-corrected chi connectivity index (χ2v) is 4.49. The Morgan fingerprint density at radius 1 is 1.22 bits per heavy atom. The Labute approximate surface area is 106 Å². The van der Waals surface area contributed by atoms with Gasteiger partial charge in [0.15, 0.2) is 0 Å². The zero-order chi connectivity index (χ0) is 12.8. The molecule has 2 aromatic rings. The third-order valence-electron chi connectivity index (χ3n) is 2.54. The molecule has 0 aliphatic carbocycles. The minimum absolute atomic E-state index is 0.463. The first kappa shape index (κ1) is 12.8. The molecule has 5 heteroatoms. The van der Waals surface area contributed by atoms with Crippen molar-refractivity contribution in [3.63, 3.8) is 0 Å². The van der Waals surface area contributed by atoms with Gasteiger partial charge in [-0.2, -0.15) is 0 Å². The fraction of sp³-hybridized carbons (Fsp3) is 0.154. The van der Waals surface area contributed by atoms with Gasteiger partial charge in [0.25, 0.3) is 0 Å². The minimum Gasteiger partial charge on any atom is -0.264 e. The van der Waals surface area contributed by atoms with E-state index in [-0.39, 0.29) is 0 Å². The molecule has 0 spiro atoms. The van der Waals surface area contributed by atoms with Crippen LogP contribution in [0.2, 0.25) is 0 Å². The molecule has 0 fully saturated rings. The SMILES string of the molecule is O=[P+](O)OC(Cc1ccccc1)c1cccnc1. The van der Waals surface area contributed by atoms with Gasteiger partial charge in [-0.15, -0.1) is 9.42 Å². The van der Waals surface area contributed by atoms with E-state index in [0.717, 1.165) is 11.1 Å². The highest BCUT2D eigenvalue weighted by Gasteiger charge is 2.25. The maximum atomic E-state index is 10.9. The highest BCUT2D eigenvalue weighted by Crippen LogP contribution is 2.31. The number of hydrogen-bond donors (Lipinski definition) is 1. The van der Waals surface area contributed by atoms with Crippen molar-refractivity contribution in [3.05, 3.63) is 66.0 Å². The van der Waals surface area contributed by atoms with Gasteiger partial charge in [0.05, 0.1) is 0 Å². The molecule has 0 amide bonds. The normalized spacial score (nSPS) is 13.1. The second kappa shape index (κ2) is 6.36. The van der Waals surface area contributed by atoms with E-state index < -0.39 is 14.4 Å². The van der Waals surface area contributed by atoms with E-state index in [1.54, 1.807) is 18.5 Å². The molecule has 2 atom stereocenters. The van der Waals surface area contributed by atoms with Gasteiger partial charge in [0.2, 0.25) is 0 Å². The van der Waals surface area contributed by atoms with Crippen LogP contribution in [0.15, 0.2) is 54.9 Å². The summed E-state index contributed by atoms with van der Waals surface area (Å²) in [4.78, 5) is 12.9. The molecule has 1 aromatic heterocycles. The topological polar surface area (TPSA) is 59.4 Å². The Kier molecular flexibility index (Phi) is 4.53. The first-order valence-corrected chi connectivity index (χ1v) is 6.65. The molecule has 1 aromatic carbocycles. The van der Waals surface area contributed by atoms with Crippen LogP contribution in [-0.4, -0.2) is 9.88 Å². The molecule has 2 rings (SSSR count). The summed E-state index contributed by atoms with van der Waals surface area (Å²) in [6, 6.07) is 13.3. The van der Waals surface area contributed by atoms with Crippen LogP contribution in [0.3, 0.4) is 0 Å². The van der Waals surface area contributed by atoms with Crippen LogP contribution in [0.1, 0.15) is 17.2 Å². The molecule has 18 heavy (non-hydrogen) atoms. The van der Waals surface area contributed by atoms with Crippen LogP contribution in [0.4, 0.5) is 0 Å². The van der Waals surface area contributed by atoms with E-state index >= 15 is 0 Å². The molecule has 0 radical (unpaired) electrons. The second-order valence-electron chi connectivity index (χ2n) is 3.81. The Balaban J connectivity index is 2.18. The Morgan fingerprint density at radius 3 is 2.61 bits per heavy atom. The van der Waals surface area contributed by atoms with Gasteiger partial charge in [-0.25, -0.2) is 0 Å². The standard InChI is InChI=1S/C13H12NO3P/c15-18(16)17-13(12-7-4-8-14-10-12)9-11-5-2-1-3-6-11/h1-8,10,13H,9H2/p+1. The minimum atomic E-state index is -2.64. The molecule has 1 N–H and O–H groups in total. The van der Waals surface area contributed by atoms with Crippen molar-refractivity contribution in [2.24, 2.45) is 0 Å². The van der Waals surface area contributed by atoms with Crippen LogP contribution in [0.5, 0.6) is 0 Å². The molecule has 0 bridgehead atoms. The quantitative estimate of drug-likeness (QED) is 0.841. The Bertz CT molecular complexity index is 504. The monoisotopic (exact) mass is 262 g/mol. The van der Waals surface area contributed by atoms with E-state index in [9.17, 15) is 4.57 Å². The average Bonchev–Trinajstić information content (AvgIpc) is 2.40. The van der Waals surface area contributed by atoms with Crippen molar-refractivity contribution >= 4 is 8.25 Å². The summed E-state index contributed by atoms with van der Waals surface area (Å²) in [6.45, 7) is 0. The third-order valence-corrected chi connectivity index (χ3v) is 2.97. The first-order valence-electron chi connectivity index (χ1n) is 5.52. The maximum absolute atomic E-state index is 10.9. The van der Waals surface area contributed by atoms with Crippen LogP contribution >= 0.6 is 8.25 Å². The fourth-order valence-corrected chi connectivity index (χ4v) is 2.13. The van der Waals surface area contributed by atoms with Crippen molar-refractivity contribution in [3.8, 4) is 0 Å². The van der Waals surface area contributed by atoms with Gasteiger partial charge in [-0.05, 0) is 11.6 Å². The first-order chi connectivity index (χ1) is 8.75. The molecule has 0 saturated heterocycles. The van der Waals surface area contributed by atoms with Gasteiger partial charge in [-0.3, -0.25) is 4.98 Å². The van der Waals surface area contributed by atoms with Crippen molar-refractivity contribution in [1.82, 2.24) is 4.98 Å². The fourth-order valence-electron chi connectivity index (χ4n) is 1.72. The number of hydrogen-bond acceptors (Lipinski definition) is 3. The Morgan fingerprint density at radius 2 is 2.00 bits per heavy atom. The predicted octanol–water partition coefficient (Wildman–Crippen LogP) is 3.03. The van der Waals surface area contributed by atoms with Gasteiger partial charge < -0.3 is 0 Å². The van der Waals surface area contributed by atoms with Crippen molar-refractivity contribution in [2.45, 2.75) is 12.5 Å². The highest BCUT2D eigenvalue weighted by atomic mass is 31.1. The van der Waals surface area contributed by atoms with Gasteiger partial charge in [-0.1, -0.05) is 36.4 Å². The molecule has 2 unspecified atom stereocenters. The predicted molar refractivity (Wildman–Crippen MR) is 68.0 cm³/mol. The van der Waals surface area contributed by atoms with E-state index in [4.69, 9.17) is 9.42 Å². The summed E-state index contributed by atoms with van der Waals surface area (Å²) < 4.78 is 15.9. The Hall–Kier alpha value is -1.61. The lowest BCUT2D eigenvalue weighted by molar-refractivity contribution is 0.191. The molecule has 92 valence electrons. The van der Waals surface area contributed by atoms with Crippen molar-refractivity contribution in [1.29, 1.82) is 0 Å². The van der Waals surface area contributed by atoms with E-state index in [0.29, 0.717) is 6.42 Å². The summed E-state index contributed by atoms with van der Waals surface area (Å²) >= 11 is 0. The van der Waals surface area contributed by atoms with Crippen LogP contribution in [-0.2, 0) is 15.5 Å². The lowest BCUT2D eigenvalue weighted by Crippen LogP contribution is -2.04. The van der Waals surface area contributed by atoms with Gasteiger partial charge in [0.1, 0.15) is 6.10 Å². The lowest BCUT2D eigenvalue weighted by Gasteiger charge is -2.10. The zero-order valence-corrected chi connectivity index (χ0v) is 10.5. The molecule has 0 saturated carbocycles. The largest absolute Gasteiger partial charge is 0.695 e. The molecule has 0 aliphatic heterocycles. The number of rotatable bonds is 5. The summed E-state index contributed by atoms with van der Waals surface area (Å²) in [5.41, 5.74) is 1.84. The van der Waals surface area contributed by atoms with Crippen LogP contribution in [0.25, 0.3) is 0 Å². The zero-order valence-electron chi connectivity index (χ0n) is 9.64. The third kappa shape index (κ3) is 3.70. The molecular formula is C13H13NO3P+. The summed E-state index contributed by atoms with van der Waals surface area (Å²) in [5, 5.41) is 0. The number of nitrogens with zero attached hydrogens (tertiary/aromatic N) is 1. The summed E-state index contributed by atoms with van der Waals surface area (Å²) in [6.07, 6.45) is 3.37. The molecule has 4 nitrogen and oxygen atoms in total. The maximum Gasteiger partial charge on any atom is 0.695 e. The van der Waals surface area contributed by atoms with Crippen molar-refractivity contribution in [2.75, 3.05) is 0 Å². The van der Waals surface area contributed by atoms with Gasteiger partial charge >= 0.3 is 8.25 Å². The number of pyridine rings is 1. The number of benzene rings is 1. The summed E-state index contributed by atoms with van der Waals surface area (Å²) in [5.74, 6) is 0.